The van der Waals surface area contributed by atoms with Crippen molar-refractivity contribution in [1.29, 1.82) is 0 Å². The minimum Gasteiger partial charge on any atom is -0.481 e. The fraction of sp³-hybridized carbons (Fsp3) is 0.500. The van der Waals surface area contributed by atoms with Crippen LogP contribution in [0.5, 0.6) is 0 Å². The molecule has 1 atom stereocenters. The lowest BCUT2D eigenvalue weighted by Crippen LogP contribution is -2.03. The fourth-order valence-electron chi connectivity index (χ4n) is 1.71. The summed E-state index contributed by atoms with van der Waals surface area (Å²) >= 11 is 0. The van der Waals surface area contributed by atoms with Crippen molar-refractivity contribution in [1.82, 2.24) is 4.98 Å². The predicted octanol–water partition coefficient (Wildman–Crippen LogP) is 2.54. The molecule has 0 amide bonds. The lowest BCUT2D eigenvalue weighted by molar-refractivity contribution is -0.137. The molecule has 3 heteroatoms. The van der Waals surface area contributed by atoms with Crippen molar-refractivity contribution in [3.63, 3.8) is 0 Å². The lowest BCUT2D eigenvalue weighted by Gasteiger charge is -2.08. The second-order valence-corrected chi connectivity index (χ2v) is 4.29. The second-order valence-electron chi connectivity index (χ2n) is 4.29. The third-order valence-corrected chi connectivity index (χ3v) is 2.85. The van der Waals surface area contributed by atoms with Crippen LogP contribution >= 0.6 is 0 Å². The molecular formula is C12H15NO2. The summed E-state index contributed by atoms with van der Waals surface area (Å²) in [6.45, 7) is 1.92. The highest BCUT2D eigenvalue weighted by Gasteiger charge is 2.24. The molecule has 0 spiro atoms. The molecule has 0 saturated heterocycles. The average molecular weight is 205 g/mol. The molecule has 1 fully saturated rings. The third kappa shape index (κ3) is 2.55. The molecule has 1 aromatic heterocycles. The van der Waals surface area contributed by atoms with Crippen molar-refractivity contribution in [3.8, 4) is 0 Å². The Hall–Kier alpha value is -1.38. The number of aliphatic carboxylic acids is 1. The first-order chi connectivity index (χ1) is 7.16. The number of hydrogen-bond donors (Lipinski definition) is 1. The lowest BCUT2D eigenvalue weighted by atomic mass is 9.99. The van der Waals surface area contributed by atoms with Crippen LogP contribution < -0.4 is 0 Å². The normalized spacial score (nSPS) is 17.4. The van der Waals surface area contributed by atoms with Crippen LogP contribution in [0.2, 0.25) is 0 Å². The molecule has 0 radical (unpaired) electrons. The first-order valence-electron chi connectivity index (χ1n) is 5.34. The number of rotatable bonds is 4. The van der Waals surface area contributed by atoms with Crippen LogP contribution in [-0.4, -0.2) is 16.1 Å². The van der Waals surface area contributed by atoms with Gasteiger partial charge < -0.3 is 5.11 Å². The molecule has 1 aromatic rings. The van der Waals surface area contributed by atoms with Crippen LogP contribution in [0, 0.1) is 0 Å². The van der Waals surface area contributed by atoms with Crippen molar-refractivity contribution in [2.75, 3.05) is 0 Å². The monoisotopic (exact) mass is 205 g/mol. The Bertz CT molecular complexity index is 354. The standard InChI is InChI=1S/C12H15NO2/c1-8(6-12(14)15)10-4-5-11(13-7-10)9-2-3-9/h4-5,7-9H,2-3,6H2,1H3,(H,14,15). The van der Waals surface area contributed by atoms with Crippen LogP contribution in [-0.2, 0) is 4.79 Å². The van der Waals surface area contributed by atoms with Gasteiger partial charge in [-0.2, -0.15) is 0 Å². The first kappa shape index (κ1) is 10.1. The Morgan fingerprint density at radius 2 is 2.33 bits per heavy atom. The van der Waals surface area contributed by atoms with Crippen LogP contribution in [0.3, 0.4) is 0 Å². The molecule has 2 rings (SSSR count). The van der Waals surface area contributed by atoms with E-state index in [0.29, 0.717) is 5.92 Å². The Labute approximate surface area is 89.2 Å². The predicted molar refractivity (Wildman–Crippen MR) is 56.9 cm³/mol. The smallest absolute Gasteiger partial charge is 0.303 e. The molecule has 1 aliphatic rings. The topological polar surface area (TPSA) is 50.2 Å². The molecule has 0 aliphatic heterocycles. The summed E-state index contributed by atoms with van der Waals surface area (Å²) in [6.07, 6.45) is 4.49. The van der Waals surface area contributed by atoms with E-state index in [9.17, 15) is 4.79 Å². The van der Waals surface area contributed by atoms with Crippen LogP contribution in [0.4, 0.5) is 0 Å². The van der Waals surface area contributed by atoms with Crippen molar-refractivity contribution >= 4 is 5.97 Å². The van der Waals surface area contributed by atoms with Gasteiger partial charge in [0.05, 0.1) is 6.42 Å². The number of carboxylic acid groups (broad SMARTS) is 1. The second kappa shape index (κ2) is 4.01. The molecule has 80 valence electrons. The molecular weight excluding hydrogens is 190 g/mol. The number of carboxylic acids is 1. The summed E-state index contributed by atoms with van der Waals surface area (Å²) in [5.74, 6) is -0.0501. The summed E-state index contributed by atoms with van der Waals surface area (Å²) < 4.78 is 0. The Balaban J connectivity index is 2.05. The fourth-order valence-corrected chi connectivity index (χ4v) is 1.71. The van der Waals surface area contributed by atoms with Gasteiger partial charge in [0.25, 0.3) is 0 Å². The minimum absolute atomic E-state index is 0.0447. The quantitative estimate of drug-likeness (QED) is 0.821. The molecule has 1 unspecified atom stereocenters. The zero-order valence-corrected chi connectivity index (χ0v) is 8.81. The van der Waals surface area contributed by atoms with E-state index >= 15 is 0 Å². The van der Waals surface area contributed by atoms with Crippen LogP contribution in [0.1, 0.15) is 49.3 Å². The van der Waals surface area contributed by atoms with Gasteiger partial charge >= 0.3 is 5.97 Å². The van der Waals surface area contributed by atoms with Crippen molar-refractivity contribution in [3.05, 3.63) is 29.6 Å². The van der Waals surface area contributed by atoms with Gasteiger partial charge in [0.1, 0.15) is 0 Å². The van der Waals surface area contributed by atoms with E-state index in [-0.39, 0.29) is 12.3 Å². The molecule has 1 N–H and O–H groups in total. The third-order valence-electron chi connectivity index (χ3n) is 2.85. The van der Waals surface area contributed by atoms with E-state index in [1.54, 1.807) is 0 Å². The van der Waals surface area contributed by atoms with E-state index < -0.39 is 5.97 Å². The summed E-state index contributed by atoms with van der Waals surface area (Å²) in [5.41, 5.74) is 2.17. The largest absolute Gasteiger partial charge is 0.481 e. The maximum Gasteiger partial charge on any atom is 0.303 e. The highest BCUT2D eigenvalue weighted by Crippen LogP contribution is 2.39. The van der Waals surface area contributed by atoms with E-state index in [0.717, 1.165) is 11.3 Å². The van der Waals surface area contributed by atoms with E-state index in [1.807, 2.05) is 25.3 Å². The first-order valence-corrected chi connectivity index (χ1v) is 5.34. The SMILES string of the molecule is CC(CC(=O)O)c1ccc(C2CC2)nc1. The molecule has 15 heavy (non-hydrogen) atoms. The van der Waals surface area contributed by atoms with Gasteiger partial charge in [0.15, 0.2) is 0 Å². The van der Waals surface area contributed by atoms with E-state index in [1.165, 1.54) is 12.8 Å². The van der Waals surface area contributed by atoms with Crippen molar-refractivity contribution in [2.45, 2.75) is 38.0 Å². The van der Waals surface area contributed by atoms with Crippen LogP contribution in [0.15, 0.2) is 18.3 Å². The molecule has 0 aromatic carbocycles. The molecule has 1 aliphatic carbocycles. The number of carbonyl (C=O) groups is 1. The van der Waals surface area contributed by atoms with Crippen molar-refractivity contribution in [2.24, 2.45) is 0 Å². The van der Waals surface area contributed by atoms with Gasteiger partial charge in [-0.25, -0.2) is 0 Å². The van der Waals surface area contributed by atoms with Gasteiger partial charge in [-0.05, 0) is 30.4 Å². The summed E-state index contributed by atoms with van der Waals surface area (Å²) in [7, 11) is 0. The van der Waals surface area contributed by atoms with E-state index in [2.05, 4.69) is 4.98 Å². The van der Waals surface area contributed by atoms with E-state index in [4.69, 9.17) is 5.11 Å². The van der Waals surface area contributed by atoms with Gasteiger partial charge in [-0.1, -0.05) is 13.0 Å². The zero-order valence-electron chi connectivity index (χ0n) is 8.81. The minimum atomic E-state index is -0.756. The number of hydrogen-bond acceptors (Lipinski definition) is 2. The number of aromatic nitrogens is 1. The highest BCUT2D eigenvalue weighted by atomic mass is 16.4. The number of nitrogens with zero attached hydrogens (tertiary/aromatic N) is 1. The maximum atomic E-state index is 10.5. The zero-order chi connectivity index (χ0) is 10.8. The molecule has 1 saturated carbocycles. The highest BCUT2D eigenvalue weighted by molar-refractivity contribution is 5.67. The molecule has 1 heterocycles. The Morgan fingerprint density at radius 1 is 1.60 bits per heavy atom. The molecule has 3 nitrogen and oxygen atoms in total. The van der Waals surface area contributed by atoms with Gasteiger partial charge in [-0.15, -0.1) is 0 Å². The maximum absolute atomic E-state index is 10.5. The van der Waals surface area contributed by atoms with Crippen LogP contribution in [0.25, 0.3) is 0 Å². The van der Waals surface area contributed by atoms with Gasteiger partial charge in [0, 0.05) is 17.8 Å². The van der Waals surface area contributed by atoms with Gasteiger partial charge in [0.2, 0.25) is 0 Å². The summed E-state index contributed by atoms with van der Waals surface area (Å²) in [6, 6.07) is 4.04. The Morgan fingerprint density at radius 3 is 2.80 bits per heavy atom. The van der Waals surface area contributed by atoms with Gasteiger partial charge in [-0.3, -0.25) is 9.78 Å². The number of pyridine rings is 1. The Kier molecular flexibility index (Phi) is 2.71. The molecule has 0 bridgehead atoms. The average Bonchev–Trinajstić information content (AvgIpc) is 3.00. The summed E-state index contributed by atoms with van der Waals surface area (Å²) in [5, 5.41) is 8.68. The summed E-state index contributed by atoms with van der Waals surface area (Å²) in [4.78, 5) is 14.9. The van der Waals surface area contributed by atoms with Crippen molar-refractivity contribution < 1.29 is 9.90 Å².